The molecule has 2 N–H and O–H groups in total. The van der Waals surface area contributed by atoms with Crippen LogP contribution < -0.4 is 10.0 Å². The number of hydrogen-bond donors (Lipinski definition) is 2. The van der Waals surface area contributed by atoms with E-state index in [1.54, 1.807) is 0 Å². The summed E-state index contributed by atoms with van der Waals surface area (Å²) in [6, 6.07) is 0.218. The zero-order valence-electron chi connectivity index (χ0n) is 14.2. The van der Waals surface area contributed by atoms with Crippen molar-refractivity contribution in [2.75, 3.05) is 19.3 Å². The molecule has 1 aliphatic carbocycles. The molecule has 2 amide bonds. The summed E-state index contributed by atoms with van der Waals surface area (Å²) in [6.45, 7) is 1.03. The normalized spacial score (nSPS) is 24.7. The topological polar surface area (TPSA) is 78.5 Å². The fourth-order valence-corrected chi connectivity index (χ4v) is 4.08. The van der Waals surface area contributed by atoms with E-state index in [4.69, 9.17) is 0 Å². The van der Waals surface area contributed by atoms with E-state index < -0.39 is 10.0 Å². The molecule has 1 atom stereocenters. The van der Waals surface area contributed by atoms with Crippen LogP contribution in [0, 0.1) is 0 Å². The highest BCUT2D eigenvalue weighted by molar-refractivity contribution is 7.88. The van der Waals surface area contributed by atoms with Crippen LogP contribution in [-0.2, 0) is 10.0 Å². The number of urea groups is 1. The van der Waals surface area contributed by atoms with Crippen LogP contribution in [-0.4, -0.2) is 50.8 Å². The van der Waals surface area contributed by atoms with Crippen LogP contribution in [0.2, 0.25) is 0 Å². The lowest BCUT2D eigenvalue weighted by Crippen LogP contribution is -2.54. The van der Waals surface area contributed by atoms with Crippen LogP contribution in [0.15, 0.2) is 0 Å². The lowest BCUT2D eigenvalue weighted by molar-refractivity contribution is 0.147. The second-order valence-corrected chi connectivity index (χ2v) is 8.79. The van der Waals surface area contributed by atoms with Gasteiger partial charge in [-0.2, -0.15) is 0 Å². The number of piperidine rings is 1. The fourth-order valence-electron chi connectivity index (χ4n) is 3.59. The number of carbonyl (C=O) groups excluding carboxylic acids is 1. The Bertz CT molecular complexity index is 473. The Morgan fingerprint density at radius 1 is 1.00 bits per heavy atom. The van der Waals surface area contributed by atoms with E-state index in [-0.39, 0.29) is 18.1 Å². The molecule has 2 rings (SSSR count). The van der Waals surface area contributed by atoms with Crippen molar-refractivity contribution in [3.05, 3.63) is 0 Å². The van der Waals surface area contributed by atoms with Gasteiger partial charge in [-0.25, -0.2) is 17.9 Å². The van der Waals surface area contributed by atoms with Gasteiger partial charge in [-0.3, -0.25) is 0 Å². The maximum Gasteiger partial charge on any atom is 0.317 e. The molecule has 0 aromatic carbocycles. The summed E-state index contributed by atoms with van der Waals surface area (Å²) < 4.78 is 25.2. The molecule has 0 bridgehead atoms. The summed E-state index contributed by atoms with van der Waals surface area (Å²) in [7, 11) is -3.22. The molecule has 1 saturated heterocycles. The standard InChI is InChI=1S/C16H31N3O3S/c1-23(21,22)17-13-15-11-7-8-12-19(15)16(20)18-14-9-5-3-2-4-6-10-14/h14-15,17H,2-13H2,1H3,(H,18,20)/t15-/m1/s1. The number of sulfonamides is 1. The number of nitrogens with zero attached hydrogens (tertiary/aromatic N) is 1. The van der Waals surface area contributed by atoms with Crippen molar-refractivity contribution in [1.82, 2.24) is 14.9 Å². The minimum Gasteiger partial charge on any atom is -0.335 e. The van der Waals surface area contributed by atoms with Crippen molar-refractivity contribution >= 4 is 16.1 Å². The Morgan fingerprint density at radius 2 is 1.61 bits per heavy atom. The molecule has 0 unspecified atom stereocenters. The van der Waals surface area contributed by atoms with Gasteiger partial charge in [0.25, 0.3) is 0 Å². The van der Waals surface area contributed by atoms with Gasteiger partial charge in [0.05, 0.1) is 6.26 Å². The number of hydrogen-bond acceptors (Lipinski definition) is 3. The van der Waals surface area contributed by atoms with Crippen LogP contribution in [0.1, 0.15) is 64.2 Å². The third-order valence-corrected chi connectivity index (χ3v) is 5.59. The van der Waals surface area contributed by atoms with Crippen LogP contribution in [0.5, 0.6) is 0 Å². The third kappa shape index (κ3) is 6.67. The van der Waals surface area contributed by atoms with E-state index in [1.165, 1.54) is 32.1 Å². The first-order chi connectivity index (χ1) is 11.0. The number of amides is 2. The molecule has 1 aliphatic heterocycles. The minimum absolute atomic E-state index is 0.0180. The van der Waals surface area contributed by atoms with E-state index in [2.05, 4.69) is 10.0 Å². The summed E-state index contributed by atoms with van der Waals surface area (Å²) in [4.78, 5) is 14.5. The van der Waals surface area contributed by atoms with Gasteiger partial charge < -0.3 is 10.2 Å². The molecule has 0 aromatic heterocycles. The Hall–Kier alpha value is -0.820. The van der Waals surface area contributed by atoms with Gasteiger partial charge >= 0.3 is 6.03 Å². The summed E-state index contributed by atoms with van der Waals surface area (Å²) in [5, 5.41) is 3.19. The summed E-state index contributed by atoms with van der Waals surface area (Å²) in [6.07, 6.45) is 12.4. The van der Waals surface area contributed by atoms with E-state index >= 15 is 0 Å². The fraction of sp³-hybridized carbons (Fsp3) is 0.938. The summed E-state index contributed by atoms with van der Waals surface area (Å²) >= 11 is 0. The predicted octanol–water partition coefficient (Wildman–Crippen LogP) is 2.21. The molecule has 1 saturated carbocycles. The van der Waals surface area contributed by atoms with Crippen LogP contribution in [0.3, 0.4) is 0 Å². The molecule has 2 aliphatic rings. The highest BCUT2D eigenvalue weighted by Crippen LogP contribution is 2.20. The first kappa shape index (κ1) is 18.5. The first-order valence-corrected chi connectivity index (χ1v) is 10.9. The van der Waals surface area contributed by atoms with Gasteiger partial charge in [0, 0.05) is 25.2 Å². The van der Waals surface area contributed by atoms with Crippen molar-refractivity contribution < 1.29 is 13.2 Å². The molecular weight excluding hydrogens is 314 g/mol. The molecule has 0 radical (unpaired) electrons. The lowest BCUT2D eigenvalue weighted by Gasteiger charge is -2.37. The third-order valence-electron chi connectivity index (χ3n) is 4.90. The van der Waals surface area contributed by atoms with Crippen LogP contribution in [0.25, 0.3) is 0 Å². The zero-order valence-corrected chi connectivity index (χ0v) is 15.0. The maximum atomic E-state index is 12.6. The number of rotatable bonds is 4. The average molecular weight is 346 g/mol. The van der Waals surface area contributed by atoms with Gasteiger partial charge in [0.15, 0.2) is 0 Å². The van der Waals surface area contributed by atoms with E-state index in [0.717, 1.165) is 38.4 Å². The summed E-state index contributed by atoms with van der Waals surface area (Å²) in [5.41, 5.74) is 0. The molecule has 6 nitrogen and oxygen atoms in total. The van der Waals surface area contributed by atoms with Gasteiger partial charge in [0.1, 0.15) is 0 Å². The summed E-state index contributed by atoms with van der Waals surface area (Å²) in [5.74, 6) is 0. The van der Waals surface area contributed by atoms with Crippen LogP contribution in [0.4, 0.5) is 4.79 Å². The monoisotopic (exact) mass is 345 g/mol. The molecule has 23 heavy (non-hydrogen) atoms. The Kier molecular flexibility index (Phi) is 7.14. The Balaban J connectivity index is 1.88. The largest absolute Gasteiger partial charge is 0.335 e. The predicted molar refractivity (Wildman–Crippen MR) is 91.8 cm³/mol. The van der Waals surface area contributed by atoms with Crippen molar-refractivity contribution in [2.45, 2.75) is 76.3 Å². The van der Waals surface area contributed by atoms with Crippen LogP contribution >= 0.6 is 0 Å². The molecule has 134 valence electrons. The lowest BCUT2D eigenvalue weighted by atomic mass is 9.96. The van der Waals surface area contributed by atoms with Gasteiger partial charge in [-0.15, -0.1) is 0 Å². The minimum atomic E-state index is -3.22. The smallest absolute Gasteiger partial charge is 0.317 e. The van der Waals surface area contributed by atoms with Crippen molar-refractivity contribution in [2.24, 2.45) is 0 Å². The molecule has 0 spiro atoms. The highest BCUT2D eigenvalue weighted by Gasteiger charge is 2.28. The van der Waals surface area contributed by atoms with Gasteiger partial charge in [-0.1, -0.05) is 32.1 Å². The van der Waals surface area contributed by atoms with E-state index in [0.29, 0.717) is 13.1 Å². The zero-order chi connectivity index (χ0) is 16.7. The van der Waals surface area contributed by atoms with Gasteiger partial charge in [-0.05, 0) is 32.1 Å². The second-order valence-electron chi connectivity index (χ2n) is 6.96. The molecule has 2 fully saturated rings. The van der Waals surface area contributed by atoms with Crippen molar-refractivity contribution in [3.8, 4) is 0 Å². The number of nitrogens with one attached hydrogen (secondary N) is 2. The SMILES string of the molecule is CS(=O)(=O)NC[C@H]1CCCCN1C(=O)NC1CCCCCCC1. The number of likely N-dealkylation sites (tertiary alicyclic amines) is 1. The van der Waals surface area contributed by atoms with E-state index in [1.807, 2.05) is 4.90 Å². The molecule has 7 heteroatoms. The first-order valence-electron chi connectivity index (χ1n) is 8.97. The highest BCUT2D eigenvalue weighted by atomic mass is 32.2. The van der Waals surface area contributed by atoms with E-state index in [9.17, 15) is 13.2 Å². The van der Waals surface area contributed by atoms with Gasteiger partial charge in [0.2, 0.25) is 10.0 Å². The second kappa shape index (κ2) is 8.87. The Labute approximate surface area is 140 Å². The quantitative estimate of drug-likeness (QED) is 0.820. The number of carbonyl (C=O) groups is 1. The van der Waals surface area contributed by atoms with Crippen molar-refractivity contribution in [3.63, 3.8) is 0 Å². The molecular formula is C16H31N3O3S. The maximum absolute atomic E-state index is 12.6. The Morgan fingerprint density at radius 3 is 2.26 bits per heavy atom. The molecule has 0 aromatic rings. The molecule has 1 heterocycles. The average Bonchev–Trinajstić information content (AvgIpc) is 2.47. The van der Waals surface area contributed by atoms with Crippen molar-refractivity contribution in [1.29, 1.82) is 0 Å².